The number of rotatable bonds is 5. The number of furan rings is 1. The Hall–Kier alpha value is -1.39. The number of hydrogen-bond donors (Lipinski definition) is 1. The van der Waals surface area contributed by atoms with Gasteiger partial charge >= 0.3 is 0 Å². The molecule has 1 N–H and O–H groups in total. The Labute approximate surface area is 119 Å². The molecule has 0 spiro atoms. The molecule has 2 aromatic rings. The molecular formula is C16H22FNO2. The van der Waals surface area contributed by atoms with Crippen molar-refractivity contribution in [2.45, 2.75) is 38.3 Å². The molecule has 0 radical (unpaired) electrons. The first kappa shape index (κ1) is 15.0. The first-order valence-corrected chi connectivity index (χ1v) is 6.99. The van der Waals surface area contributed by atoms with Crippen LogP contribution in [-0.4, -0.2) is 29.6 Å². The number of aliphatic hydroxyl groups is 1. The minimum absolute atomic E-state index is 0.210. The van der Waals surface area contributed by atoms with Gasteiger partial charge in [-0.15, -0.1) is 0 Å². The van der Waals surface area contributed by atoms with E-state index in [0.717, 1.165) is 12.8 Å². The van der Waals surface area contributed by atoms with Crippen molar-refractivity contribution >= 4 is 11.0 Å². The molecule has 4 heteroatoms. The van der Waals surface area contributed by atoms with Crippen LogP contribution in [0.2, 0.25) is 0 Å². The zero-order valence-corrected chi connectivity index (χ0v) is 12.5. The van der Waals surface area contributed by atoms with Crippen LogP contribution in [0.4, 0.5) is 4.39 Å². The second kappa shape index (κ2) is 5.54. The molecule has 1 unspecified atom stereocenters. The van der Waals surface area contributed by atoms with Gasteiger partial charge in [-0.2, -0.15) is 0 Å². The van der Waals surface area contributed by atoms with Crippen LogP contribution >= 0.6 is 0 Å². The number of aliphatic hydroxyl groups excluding tert-OH is 1. The molecule has 0 fully saturated rings. The summed E-state index contributed by atoms with van der Waals surface area (Å²) in [7, 11) is 3.89. The summed E-state index contributed by atoms with van der Waals surface area (Å²) in [6.07, 6.45) is 0.758. The van der Waals surface area contributed by atoms with E-state index in [2.05, 4.69) is 0 Å². The Morgan fingerprint density at radius 3 is 2.45 bits per heavy atom. The van der Waals surface area contributed by atoms with Gasteiger partial charge in [0.25, 0.3) is 0 Å². The molecule has 0 aliphatic rings. The Kier molecular flexibility index (Phi) is 4.16. The van der Waals surface area contributed by atoms with Gasteiger partial charge in [-0.25, -0.2) is 4.39 Å². The molecule has 0 saturated heterocycles. The van der Waals surface area contributed by atoms with E-state index < -0.39 is 17.5 Å². The number of fused-ring (bicyclic) bond motifs is 1. The number of hydrogen-bond acceptors (Lipinski definition) is 3. The molecule has 0 saturated carbocycles. The van der Waals surface area contributed by atoms with Crippen LogP contribution in [0.5, 0.6) is 0 Å². The minimum atomic E-state index is -0.792. The lowest BCUT2D eigenvalue weighted by atomic mass is 9.84. The fourth-order valence-electron chi connectivity index (χ4n) is 2.96. The highest BCUT2D eigenvalue weighted by Crippen LogP contribution is 2.38. The highest BCUT2D eigenvalue weighted by Gasteiger charge is 2.39. The Balaban J connectivity index is 2.49. The minimum Gasteiger partial charge on any atom is -0.455 e. The zero-order chi connectivity index (χ0) is 14.9. The maximum Gasteiger partial charge on any atom is 0.170 e. The standard InChI is InChI=1S/C16H22FNO2/c1-5-16(6-2,18(3)4)15(19)13-10-11-8-7-9-12(17)14(11)20-13/h7-10,15,19H,5-6H2,1-4H3. The second-order valence-electron chi connectivity index (χ2n) is 5.41. The van der Waals surface area contributed by atoms with Gasteiger partial charge in [0, 0.05) is 5.39 Å². The van der Waals surface area contributed by atoms with E-state index in [9.17, 15) is 9.50 Å². The maximum absolute atomic E-state index is 13.7. The van der Waals surface area contributed by atoms with E-state index in [4.69, 9.17) is 4.42 Å². The first-order chi connectivity index (χ1) is 9.46. The first-order valence-electron chi connectivity index (χ1n) is 6.99. The van der Waals surface area contributed by atoms with Crippen LogP contribution in [0.25, 0.3) is 11.0 Å². The summed E-state index contributed by atoms with van der Waals surface area (Å²) in [5, 5.41) is 11.4. The predicted molar refractivity (Wildman–Crippen MR) is 78.1 cm³/mol. The van der Waals surface area contributed by atoms with Gasteiger partial charge in [0.1, 0.15) is 11.9 Å². The van der Waals surface area contributed by atoms with Crippen LogP contribution < -0.4 is 0 Å². The van der Waals surface area contributed by atoms with Crippen molar-refractivity contribution in [3.63, 3.8) is 0 Å². The summed E-state index contributed by atoms with van der Waals surface area (Å²) in [6.45, 7) is 4.08. The molecule has 110 valence electrons. The van der Waals surface area contributed by atoms with E-state index in [1.165, 1.54) is 6.07 Å². The lowest BCUT2D eigenvalue weighted by Gasteiger charge is -2.41. The summed E-state index contributed by atoms with van der Waals surface area (Å²) in [4.78, 5) is 2.02. The van der Waals surface area contributed by atoms with E-state index in [1.54, 1.807) is 18.2 Å². The molecule has 1 aromatic carbocycles. The molecule has 0 amide bonds. The summed E-state index contributed by atoms with van der Waals surface area (Å²) < 4.78 is 19.3. The Morgan fingerprint density at radius 2 is 1.95 bits per heavy atom. The van der Waals surface area contributed by atoms with Crippen molar-refractivity contribution in [3.8, 4) is 0 Å². The average Bonchev–Trinajstić information content (AvgIpc) is 2.85. The summed E-state index contributed by atoms with van der Waals surface area (Å²) in [6, 6.07) is 6.52. The number of halogens is 1. The predicted octanol–water partition coefficient (Wildman–Crippen LogP) is 3.73. The van der Waals surface area contributed by atoms with Gasteiger partial charge in [0.2, 0.25) is 0 Å². The van der Waals surface area contributed by atoms with Crippen LogP contribution in [0.3, 0.4) is 0 Å². The molecule has 20 heavy (non-hydrogen) atoms. The fourth-order valence-corrected chi connectivity index (χ4v) is 2.96. The third kappa shape index (κ3) is 2.23. The topological polar surface area (TPSA) is 36.6 Å². The van der Waals surface area contributed by atoms with Gasteiger partial charge in [-0.05, 0) is 39.1 Å². The van der Waals surface area contributed by atoms with Crippen molar-refractivity contribution < 1.29 is 13.9 Å². The van der Waals surface area contributed by atoms with Crippen LogP contribution in [-0.2, 0) is 0 Å². The number of nitrogens with zero attached hydrogens (tertiary/aromatic N) is 1. The van der Waals surface area contributed by atoms with E-state index in [0.29, 0.717) is 11.1 Å². The third-order valence-electron chi connectivity index (χ3n) is 4.41. The van der Waals surface area contributed by atoms with Crippen molar-refractivity contribution in [2.75, 3.05) is 14.1 Å². The van der Waals surface area contributed by atoms with Crippen LogP contribution in [0.1, 0.15) is 38.6 Å². The SMILES string of the molecule is CCC(CC)(C(O)c1cc2cccc(F)c2o1)N(C)C. The second-order valence-corrected chi connectivity index (χ2v) is 5.41. The van der Waals surface area contributed by atoms with E-state index in [1.807, 2.05) is 32.8 Å². The average molecular weight is 279 g/mol. The monoisotopic (exact) mass is 279 g/mol. The highest BCUT2D eigenvalue weighted by atomic mass is 19.1. The summed E-state index contributed by atoms with van der Waals surface area (Å²) >= 11 is 0. The maximum atomic E-state index is 13.7. The van der Waals surface area contributed by atoms with Gasteiger partial charge in [-0.1, -0.05) is 26.0 Å². The zero-order valence-electron chi connectivity index (χ0n) is 12.5. The van der Waals surface area contributed by atoms with Crippen LogP contribution in [0.15, 0.2) is 28.7 Å². The normalized spacial score (nSPS) is 14.2. The smallest absolute Gasteiger partial charge is 0.170 e. The largest absolute Gasteiger partial charge is 0.455 e. The van der Waals surface area contributed by atoms with Crippen molar-refractivity contribution in [2.24, 2.45) is 0 Å². The van der Waals surface area contributed by atoms with Gasteiger partial charge in [-0.3, -0.25) is 0 Å². The molecule has 1 heterocycles. The fraction of sp³-hybridized carbons (Fsp3) is 0.500. The van der Waals surface area contributed by atoms with Crippen molar-refractivity contribution in [1.29, 1.82) is 0 Å². The molecule has 3 nitrogen and oxygen atoms in total. The van der Waals surface area contributed by atoms with E-state index >= 15 is 0 Å². The molecule has 0 aliphatic heterocycles. The molecule has 2 rings (SSSR count). The Bertz CT molecular complexity index is 587. The van der Waals surface area contributed by atoms with Crippen molar-refractivity contribution in [1.82, 2.24) is 4.90 Å². The lowest BCUT2D eigenvalue weighted by molar-refractivity contribution is -0.0259. The van der Waals surface area contributed by atoms with Gasteiger partial charge < -0.3 is 14.4 Å². The molecular weight excluding hydrogens is 257 g/mol. The lowest BCUT2D eigenvalue weighted by Crippen LogP contribution is -2.48. The quantitative estimate of drug-likeness (QED) is 0.906. The molecule has 1 atom stereocenters. The summed E-state index contributed by atoms with van der Waals surface area (Å²) in [5.41, 5.74) is -0.203. The number of likely N-dealkylation sites (N-methyl/N-ethyl adjacent to an activating group) is 1. The third-order valence-corrected chi connectivity index (χ3v) is 4.41. The molecule has 1 aromatic heterocycles. The number of para-hydroxylation sites is 1. The van der Waals surface area contributed by atoms with E-state index in [-0.39, 0.29) is 5.58 Å². The van der Waals surface area contributed by atoms with Gasteiger partial charge in [0.05, 0.1) is 5.54 Å². The Morgan fingerprint density at radius 1 is 1.30 bits per heavy atom. The highest BCUT2D eigenvalue weighted by molar-refractivity contribution is 5.78. The molecule has 0 aliphatic carbocycles. The number of benzene rings is 1. The van der Waals surface area contributed by atoms with Crippen LogP contribution in [0, 0.1) is 5.82 Å². The van der Waals surface area contributed by atoms with Crippen molar-refractivity contribution in [3.05, 3.63) is 35.8 Å². The molecule has 0 bridgehead atoms. The van der Waals surface area contributed by atoms with Gasteiger partial charge in [0.15, 0.2) is 11.4 Å². The summed E-state index contributed by atoms with van der Waals surface area (Å²) in [5.74, 6) is 0.0203.